The van der Waals surface area contributed by atoms with Crippen LogP contribution in [0.5, 0.6) is 0 Å². The van der Waals surface area contributed by atoms with Crippen LogP contribution < -0.4 is 5.32 Å². The van der Waals surface area contributed by atoms with Crippen molar-refractivity contribution in [2.45, 2.75) is 57.7 Å². The molecule has 0 aromatic heterocycles. The Hall–Kier alpha value is -0.860. The monoisotopic (exact) mass is 272 g/mol. The van der Waals surface area contributed by atoms with Crippen molar-refractivity contribution < 1.29 is 0 Å². The molecular formula is C18H28N2. The summed E-state index contributed by atoms with van der Waals surface area (Å²) in [6, 6.07) is 12.4. The van der Waals surface area contributed by atoms with Crippen LogP contribution in [0.25, 0.3) is 0 Å². The molecular weight excluding hydrogens is 244 g/mol. The summed E-state index contributed by atoms with van der Waals surface area (Å²) in [4.78, 5) is 2.77. The quantitative estimate of drug-likeness (QED) is 0.883. The summed E-state index contributed by atoms with van der Waals surface area (Å²) in [7, 11) is 0. The van der Waals surface area contributed by atoms with Crippen LogP contribution in [-0.2, 0) is 6.54 Å². The van der Waals surface area contributed by atoms with Gasteiger partial charge in [0.15, 0.2) is 0 Å². The van der Waals surface area contributed by atoms with E-state index in [0.717, 1.165) is 18.5 Å². The second-order valence-electron chi connectivity index (χ2n) is 6.61. The number of benzene rings is 1. The van der Waals surface area contributed by atoms with Gasteiger partial charge in [-0.1, -0.05) is 50.1 Å². The molecule has 110 valence electrons. The Morgan fingerprint density at radius 3 is 2.60 bits per heavy atom. The van der Waals surface area contributed by atoms with Gasteiger partial charge in [0.2, 0.25) is 0 Å². The van der Waals surface area contributed by atoms with Gasteiger partial charge in [-0.25, -0.2) is 0 Å². The normalized spacial score (nSPS) is 28.2. The second-order valence-corrected chi connectivity index (χ2v) is 6.61. The van der Waals surface area contributed by atoms with Gasteiger partial charge < -0.3 is 5.32 Å². The highest BCUT2D eigenvalue weighted by molar-refractivity contribution is 5.14. The van der Waals surface area contributed by atoms with Crippen molar-refractivity contribution in [3.05, 3.63) is 35.9 Å². The fraction of sp³-hybridized carbons (Fsp3) is 0.667. The average molecular weight is 272 g/mol. The van der Waals surface area contributed by atoms with Gasteiger partial charge in [-0.2, -0.15) is 0 Å². The van der Waals surface area contributed by atoms with Gasteiger partial charge in [-0.15, -0.1) is 0 Å². The van der Waals surface area contributed by atoms with Crippen molar-refractivity contribution in [1.82, 2.24) is 10.2 Å². The molecule has 0 radical (unpaired) electrons. The summed E-state index contributed by atoms with van der Waals surface area (Å²) in [5.74, 6) is 0.887. The van der Waals surface area contributed by atoms with Crippen LogP contribution >= 0.6 is 0 Å². The number of hydrogen-bond acceptors (Lipinski definition) is 2. The molecule has 0 spiro atoms. The van der Waals surface area contributed by atoms with Crippen molar-refractivity contribution in [2.24, 2.45) is 5.92 Å². The van der Waals surface area contributed by atoms with E-state index in [1.165, 1.54) is 50.8 Å². The Morgan fingerprint density at radius 2 is 1.95 bits per heavy atom. The van der Waals surface area contributed by atoms with Crippen LogP contribution in [0.15, 0.2) is 30.3 Å². The Balaban J connectivity index is 1.54. The first-order valence-corrected chi connectivity index (χ1v) is 8.36. The predicted octanol–water partition coefficient (Wildman–Crippen LogP) is 3.43. The summed E-state index contributed by atoms with van der Waals surface area (Å²) in [6.07, 6.45) is 6.99. The van der Waals surface area contributed by atoms with Gasteiger partial charge >= 0.3 is 0 Å². The number of likely N-dealkylation sites (tertiary alicyclic amines) is 1. The maximum absolute atomic E-state index is 3.79. The fourth-order valence-electron chi connectivity index (χ4n) is 3.59. The predicted molar refractivity (Wildman–Crippen MR) is 84.7 cm³/mol. The van der Waals surface area contributed by atoms with Crippen molar-refractivity contribution in [3.8, 4) is 0 Å². The number of piperidine rings is 1. The topological polar surface area (TPSA) is 15.3 Å². The van der Waals surface area contributed by atoms with Gasteiger partial charge in [-0.3, -0.25) is 4.90 Å². The molecule has 3 rings (SSSR count). The molecule has 1 saturated heterocycles. The molecule has 0 bridgehead atoms. The molecule has 2 fully saturated rings. The molecule has 1 aromatic rings. The van der Waals surface area contributed by atoms with Crippen LogP contribution in [0.4, 0.5) is 0 Å². The Labute approximate surface area is 123 Å². The SMILES string of the molecule is CCC1CC(NCc2ccccc2)CN(C2CCC2)C1. The van der Waals surface area contributed by atoms with E-state index in [9.17, 15) is 0 Å². The Bertz CT molecular complexity index is 399. The van der Waals surface area contributed by atoms with E-state index in [4.69, 9.17) is 0 Å². The highest BCUT2D eigenvalue weighted by Gasteiger charge is 2.32. The maximum Gasteiger partial charge on any atom is 0.0208 e. The van der Waals surface area contributed by atoms with E-state index >= 15 is 0 Å². The summed E-state index contributed by atoms with van der Waals surface area (Å²) in [5.41, 5.74) is 1.40. The maximum atomic E-state index is 3.79. The zero-order valence-electron chi connectivity index (χ0n) is 12.7. The van der Waals surface area contributed by atoms with Crippen molar-refractivity contribution in [1.29, 1.82) is 0 Å². The van der Waals surface area contributed by atoms with E-state index in [1.54, 1.807) is 0 Å². The summed E-state index contributed by atoms with van der Waals surface area (Å²) >= 11 is 0. The highest BCUT2D eigenvalue weighted by atomic mass is 15.2. The molecule has 1 aliphatic carbocycles. The van der Waals surface area contributed by atoms with Crippen molar-refractivity contribution in [3.63, 3.8) is 0 Å². The van der Waals surface area contributed by atoms with Crippen LogP contribution in [0.2, 0.25) is 0 Å². The second kappa shape index (κ2) is 6.73. The van der Waals surface area contributed by atoms with E-state index in [-0.39, 0.29) is 0 Å². The minimum Gasteiger partial charge on any atom is -0.309 e. The molecule has 2 heteroatoms. The van der Waals surface area contributed by atoms with Gasteiger partial charge in [0.05, 0.1) is 0 Å². The summed E-state index contributed by atoms with van der Waals surface area (Å²) in [5, 5.41) is 3.79. The number of nitrogens with zero attached hydrogens (tertiary/aromatic N) is 1. The Kier molecular flexibility index (Phi) is 4.74. The van der Waals surface area contributed by atoms with E-state index in [2.05, 4.69) is 47.5 Å². The molecule has 20 heavy (non-hydrogen) atoms. The lowest BCUT2D eigenvalue weighted by molar-refractivity contribution is 0.0572. The van der Waals surface area contributed by atoms with Crippen molar-refractivity contribution in [2.75, 3.05) is 13.1 Å². The van der Waals surface area contributed by atoms with E-state index in [1.807, 2.05) is 0 Å². The van der Waals surface area contributed by atoms with Gasteiger partial charge in [0.1, 0.15) is 0 Å². The Morgan fingerprint density at radius 1 is 1.15 bits per heavy atom. The molecule has 2 nitrogen and oxygen atoms in total. The molecule has 1 aromatic carbocycles. The van der Waals surface area contributed by atoms with Crippen molar-refractivity contribution >= 4 is 0 Å². The largest absolute Gasteiger partial charge is 0.309 e. The van der Waals surface area contributed by atoms with Crippen LogP contribution in [0, 0.1) is 5.92 Å². The molecule has 1 N–H and O–H groups in total. The summed E-state index contributed by atoms with van der Waals surface area (Å²) in [6.45, 7) is 5.96. The molecule has 1 saturated carbocycles. The number of hydrogen-bond donors (Lipinski definition) is 1. The smallest absolute Gasteiger partial charge is 0.0208 e. The molecule has 2 atom stereocenters. The van der Waals surface area contributed by atoms with Gasteiger partial charge in [0.25, 0.3) is 0 Å². The highest BCUT2D eigenvalue weighted by Crippen LogP contribution is 2.30. The molecule has 0 amide bonds. The first-order chi connectivity index (χ1) is 9.85. The van der Waals surface area contributed by atoms with Crippen LogP contribution in [0.3, 0.4) is 0 Å². The minimum atomic E-state index is 0.675. The first-order valence-electron chi connectivity index (χ1n) is 8.36. The summed E-state index contributed by atoms with van der Waals surface area (Å²) < 4.78 is 0. The first kappa shape index (κ1) is 14.1. The van der Waals surface area contributed by atoms with E-state index < -0.39 is 0 Å². The van der Waals surface area contributed by atoms with Gasteiger partial charge in [0, 0.05) is 31.7 Å². The number of rotatable bonds is 5. The molecule has 2 aliphatic rings. The lowest BCUT2D eigenvalue weighted by Gasteiger charge is -2.45. The van der Waals surface area contributed by atoms with E-state index in [0.29, 0.717) is 6.04 Å². The number of nitrogens with one attached hydrogen (secondary N) is 1. The van der Waals surface area contributed by atoms with Gasteiger partial charge in [-0.05, 0) is 30.7 Å². The third kappa shape index (κ3) is 3.42. The molecule has 1 aliphatic heterocycles. The molecule has 1 heterocycles. The lowest BCUT2D eigenvalue weighted by atomic mass is 9.85. The molecule has 2 unspecified atom stereocenters. The fourth-order valence-corrected chi connectivity index (χ4v) is 3.59. The lowest BCUT2D eigenvalue weighted by Crippen LogP contribution is -2.54. The minimum absolute atomic E-state index is 0.675. The third-order valence-electron chi connectivity index (χ3n) is 5.17. The standard InChI is InChI=1S/C18H28N2/c1-2-15-11-17(14-20(13-15)18-9-6-10-18)19-12-16-7-4-3-5-8-16/h3-5,7-8,15,17-19H,2,6,9-14H2,1H3. The average Bonchev–Trinajstić information content (AvgIpc) is 2.44. The zero-order valence-corrected chi connectivity index (χ0v) is 12.7. The van der Waals surface area contributed by atoms with Crippen LogP contribution in [0.1, 0.15) is 44.6 Å². The third-order valence-corrected chi connectivity index (χ3v) is 5.17. The van der Waals surface area contributed by atoms with Crippen LogP contribution in [-0.4, -0.2) is 30.1 Å². The zero-order chi connectivity index (χ0) is 13.8.